The number of ketones is 1. The number of carbonyl (C=O) groups is 1. The molecule has 0 bridgehead atoms. The minimum atomic E-state index is -1.97. The normalized spacial score (nSPS) is 33.4. The molecular formula is C15H30O11. The minimum Gasteiger partial charge on any atom is -0.394 e. The standard InChI is InChI=1S/C13H24O11.C2H6/c1-4(16)7(18)10(21)12(5(17)2-14)24-13-11(22)9(20)8(19)6(3-15)23-13;1-2/h5-15,17-22H,2-3H2,1H3;1-2H3/t5-,6-,7+,8+,9+,10-,11-,12-,13?;/m1./s1. The van der Waals surface area contributed by atoms with Crippen LogP contribution in [-0.4, -0.2) is 115 Å². The third-order valence-corrected chi connectivity index (χ3v) is 3.78. The van der Waals surface area contributed by atoms with Gasteiger partial charge in [0.1, 0.15) is 48.8 Å². The fourth-order valence-corrected chi connectivity index (χ4v) is 2.26. The Kier molecular flexibility index (Phi) is 11.5. The molecule has 1 saturated heterocycles. The molecule has 0 aromatic carbocycles. The van der Waals surface area contributed by atoms with E-state index in [-0.39, 0.29) is 0 Å². The Morgan fingerprint density at radius 2 is 1.58 bits per heavy atom. The summed E-state index contributed by atoms with van der Waals surface area (Å²) < 4.78 is 10.2. The second kappa shape index (κ2) is 11.9. The molecule has 0 aliphatic carbocycles. The molecule has 0 aromatic rings. The van der Waals surface area contributed by atoms with Crippen LogP contribution in [0.25, 0.3) is 0 Å². The molecule has 0 aromatic heterocycles. The molecule has 1 rings (SSSR count). The molecule has 11 nitrogen and oxygen atoms in total. The van der Waals surface area contributed by atoms with Gasteiger partial charge in [-0.1, -0.05) is 13.8 Å². The van der Waals surface area contributed by atoms with Crippen LogP contribution in [-0.2, 0) is 14.3 Å². The number of ether oxygens (including phenoxy) is 2. The van der Waals surface area contributed by atoms with Gasteiger partial charge in [-0.15, -0.1) is 0 Å². The first kappa shape index (κ1) is 25.3. The van der Waals surface area contributed by atoms with E-state index in [1.54, 1.807) is 0 Å². The van der Waals surface area contributed by atoms with E-state index in [2.05, 4.69) is 0 Å². The third-order valence-electron chi connectivity index (χ3n) is 3.78. The Balaban J connectivity index is 0.00000301. The first-order valence-electron chi connectivity index (χ1n) is 8.27. The molecule has 8 N–H and O–H groups in total. The lowest BCUT2D eigenvalue weighted by Crippen LogP contribution is -2.61. The number of Topliss-reactive ketones (excluding diaryl/α,β-unsaturated/α-hetero) is 1. The van der Waals surface area contributed by atoms with Crippen molar-refractivity contribution in [3.05, 3.63) is 0 Å². The van der Waals surface area contributed by atoms with Gasteiger partial charge in [0.05, 0.1) is 13.2 Å². The van der Waals surface area contributed by atoms with Crippen LogP contribution in [0.2, 0.25) is 0 Å². The topological polar surface area (TPSA) is 197 Å². The summed E-state index contributed by atoms with van der Waals surface area (Å²) in [5.41, 5.74) is 0. The van der Waals surface area contributed by atoms with Crippen LogP contribution >= 0.6 is 0 Å². The van der Waals surface area contributed by atoms with Gasteiger partial charge < -0.3 is 50.3 Å². The molecular weight excluding hydrogens is 356 g/mol. The molecule has 0 spiro atoms. The summed E-state index contributed by atoms with van der Waals surface area (Å²) >= 11 is 0. The van der Waals surface area contributed by atoms with E-state index >= 15 is 0 Å². The molecule has 1 fully saturated rings. The van der Waals surface area contributed by atoms with Crippen LogP contribution in [0.5, 0.6) is 0 Å². The van der Waals surface area contributed by atoms with E-state index in [9.17, 15) is 35.4 Å². The van der Waals surface area contributed by atoms with Gasteiger partial charge in [-0.3, -0.25) is 4.79 Å². The van der Waals surface area contributed by atoms with Gasteiger partial charge in [0.15, 0.2) is 12.1 Å². The van der Waals surface area contributed by atoms with Crippen molar-refractivity contribution in [2.45, 2.75) is 75.9 Å². The van der Waals surface area contributed by atoms with Gasteiger partial charge >= 0.3 is 0 Å². The van der Waals surface area contributed by atoms with Crippen LogP contribution in [0.1, 0.15) is 20.8 Å². The zero-order valence-electron chi connectivity index (χ0n) is 14.9. The zero-order valence-corrected chi connectivity index (χ0v) is 14.9. The van der Waals surface area contributed by atoms with Gasteiger partial charge in [-0.2, -0.15) is 0 Å². The second-order valence-corrected chi connectivity index (χ2v) is 5.59. The Hall–Kier alpha value is -0.730. The van der Waals surface area contributed by atoms with Crippen molar-refractivity contribution in [1.82, 2.24) is 0 Å². The highest BCUT2D eigenvalue weighted by Gasteiger charge is 2.47. The quantitative estimate of drug-likeness (QED) is 0.201. The Morgan fingerprint density at radius 1 is 1.04 bits per heavy atom. The van der Waals surface area contributed by atoms with E-state index in [4.69, 9.17) is 19.7 Å². The molecule has 1 heterocycles. The summed E-state index contributed by atoms with van der Waals surface area (Å²) in [6.45, 7) is 3.34. The Morgan fingerprint density at radius 3 is 2.00 bits per heavy atom. The zero-order chi connectivity index (χ0) is 20.6. The molecule has 1 aliphatic heterocycles. The van der Waals surface area contributed by atoms with Crippen molar-refractivity contribution in [3.8, 4) is 0 Å². The Bertz CT molecular complexity index is 405. The van der Waals surface area contributed by atoms with Crippen molar-refractivity contribution < 1.29 is 55.1 Å². The molecule has 11 heteroatoms. The molecule has 1 unspecified atom stereocenters. The maximum atomic E-state index is 11.2. The third kappa shape index (κ3) is 6.16. The van der Waals surface area contributed by atoms with E-state index in [1.165, 1.54) is 0 Å². The monoisotopic (exact) mass is 386 g/mol. The second-order valence-electron chi connectivity index (χ2n) is 5.59. The number of carbonyl (C=O) groups excluding carboxylic acids is 1. The van der Waals surface area contributed by atoms with Crippen LogP contribution in [0.15, 0.2) is 0 Å². The molecule has 0 radical (unpaired) electrons. The molecule has 0 saturated carbocycles. The minimum absolute atomic E-state index is 0.726. The number of aliphatic hydroxyl groups excluding tert-OH is 8. The fourth-order valence-electron chi connectivity index (χ4n) is 2.26. The average molecular weight is 386 g/mol. The van der Waals surface area contributed by atoms with E-state index in [0.29, 0.717) is 0 Å². The molecule has 9 atom stereocenters. The van der Waals surface area contributed by atoms with Crippen molar-refractivity contribution in [1.29, 1.82) is 0 Å². The summed E-state index contributed by atoms with van der Waals surface area (Å²) in [6, 6.07) is 0. The molecule has 1 aliphatic rings. The predicted octanol–water partition coefficient (Wildman–Crippen LogP) is -4.14. The average Bonchev–Trinajstić information content (AvgIpc) is 2.65. The predicted molar refractivity (Wildman–Crippen MR) is 85.8 cm³/mol. The highest BCUT2D eigenvalue weighted by molar-refractivity contribution is 5.80. The molecule has 26 heavy (non-hydrogen) atoms. The van der Waals surface area contributed by atoms with Gasteiger partial charge in [-0.25, -0.2) is 0 Å². The Labute approximate surface area is 151 Å². The van der Waals surface area contributed by atoms with Gasteiger partial charge in [0.25, 0.3) is 0 Å². The van der Waals surface area contributed by atoms with Gasteiger partial charge in [0.2, 0.25) is 0 Å². The smallest absolute Gasteiger partial charge is 0.187 e. The molecule has 0 amide bonds. The number of hydrogen-bond donors (Lipinski definition) is 8. The SMILES string of the molecule is CC.CC(=O)[C@H](O)[C@@H](O)[C@H](OC1O[C@H](CO)[C@H](O)[C@H](O)[C@H]1O)[C@H](O)CO. The van der Waals surface area contributed by atoms with Gasteiger partial charge in [0, 0.05) is 0 Å². The lowest BCUT2D eigenvalue weighted by Gasteiger charge is -2.42. The highest BCUT2D eigenvalue weighted by atomic mass is 16.7. The first-order valence-corrected chi connectivity index (χ1v) is 8.27. The summed E-state index contributed by atoms with van der Waals surface area (Å²) in [5, 5.41) is 76.5. The number of rotatable bonds is 8. The number of aliphatic hydroxyl groups is 8. The maximum Gasteiger partial charge on any atom is 0.187 e. The van der Waals surface area contributed by atoms with Crippen LogP contribution < -0.4 is 0 Å². The van der Waals surface area contributed by atoms with Crippen LogP contribution in [0.4, 0.5) is 0 Å². The lowest BCUT2D eigenvalue weighted by atomic mass is 9.98. The number of hydrogen-bond acceptors (Lipinski definition) is 11. The van der Waals surface area contributed by atoms with Crippen LogP contribution in [0.3, 0.4) is 0 Å². The molecule has 156 valence electrons. The summed E-state index contributed by atoms with van der Waals surface area (Å²) in [7, 11) is 0. The van der Waals surface area contributed by atoms with Crippen molar-refractivity contribution in [2.24, 2.45) is 0 Å². The lowest BCUT2D eigenvalue weighted by molar-refractivity contribution is -0.326. The van der Waals surface area contributed by atoms with Crippen molar-refractivity contribution in [2.75, 3.05) is 13.2 Å². The largest absolute Gasteiger partial charge is 0.394 e. The van der Waals surface area contributed by atoms with Crippen molar-refractivity contribution in [3.63, 3.8) is 0 Å². The highest BCUT2D eigenvalue weighted by Crippen LogP contribution is 2.25. The van der Waals surface area contributed by atoms with E-state index in [0.717, 1.165) is 6.92 Å². The van der Waals surface area contributed by atoms with Crippen molar-refractivity contribution >= 4 is 5.78 Å². The summed E-state index contributed by atoms with van der Waals surface area (Å²) in [5.74, 6) is -0.838. The summed E-state index contributed by atoms with van der Waals surface area (Å²) in [6.07, 6.45) is -15.7. The van der Waals surface area contributed by atoms with E-state index in [1.807, 2.05) is 13.8 Å². The maximum absolute atomic E-state index is 11.2. The van der Waals surface area contributed by atoms with E-state index < -0.39 is 74.1 Å². The van der Waals surface area contributed by atoms with Crippen LogP contribution in [0, 0.1) is 0 Å². The summed E-state index contributed by atoms with van der Waals surface area (Å²) in [4.78, 5) is 11.2. The fraction of sp³-hybridized carbons (Fsp3) is 0.933. The van der Waals surface area contributed by atoms with Gasteiger partial charge in [-0.05, 0) is 6.92 Å². The first-order chi connectivity index (χ1) is 12.1.